The van der Waals surface area contributed by atoms with Gasteiger partial charge in [0.2, 0.25) is 11.8 Å². The molecule has 1 atom stereocenters. The van der Waals surface area contributed by atoms with E-state index >= 15 is 4.39 Å². The van der Waals surface area contributed by atoms with Crippen LogP contribution in [0.4, 0.5) is 4.39 Å². The van der Waals surface area contributed by atoms with E-state index < -0.39 is 11.9 Å². The highest BCUT2D eigenvalue weighted by Crippen LogP contribution is 2.28. The van der Waals surface area contributed by atoms with Gasteiger partial charge in [-0.2, -0.15) is 0 Å². The highest BCUT2D eigenvalue weighted by molar-refractivity contribution is 5.89. The number of amides is 2. The average Bonchev–Trinajstić information content (AvgIpc) is 3.55. The van der Waals surface area contributed by atoms with E-state index in [0.29, 0.717) is 11.0 Å². The van der Waals surface area contributed by atoms with E-state index in [1.807, 2.05) is 54.6 Å². The average molecular weight is 486 g/mol. The molecule has 1 saturated carbocycles. The standard InChI is InChI=1S/C28H28FN5O2/c29-23-15-7-6-14-22(23)27(28(36)30-21-12-4-5-13-21)33(18-20-10-2-1-3-11-20)26(35)19-34-25-17-9-8-16-24(25)31-32-34/h1-3,6-11,14-17,21,27H,4-5,12-13,18-19H2,(H,30,36)/t27-/m0/s1. The van der Waals surface area contributed by atoms with Gasteiger partial charge in [-0.1, -0.05) is 78.7 Å². The first-order chi connectivity index (χ1) is 17.6. The quantitative estimate of drug-likeness (QED) is 0.401. The topological polar surface area (TPSA) is 80.1 Å². The van der Waals surface area contributed by atoms with Crippen LogP contribution in [0.1, 0.15) is 42.9 Å². The van der Waals surface area contributed by atoms with Gasteiger partial charge in [-0.3, -0.25) is 9.59 Å². The van der Waals surface area contributed by atoms with Gasteiger partial charge >= 0.3 is 0 Å². The van der Waals surface area contributed by atoms with Crippen LogP contribution in [-0.2, 0) is 22.7 Å². The summed E-state index contributed by atoms with van der Waals surface area (Å²) < 4.78 is 16.6. The van der Waals surface area contributed by atoms with E-state index in [1.54, 1.807) is 18.2 Å². The van der Waals surface area contributed by atoms with Gasteiger partial charge < -0.3 is 10.2 Å². The first kappa shape index (κ1) is 23.7. The van der Waals surface area contributed by atoms with Gasteiger partial charge in [0.25, 0.3) is 0 Å². The summed E-state index contributed by atoms with van der Waals surface area (Å²) in [6.07, 6.45) is 3.85. The summed E-state index contributed by atoms with van der Waals surface area (Å²) >= 11 is 0. The number of aromatic nitrogens is 3. The molecule has 1 N–H and O–H groups in total. The smallest absolute Gasteiger partial charge is 0.247 e. The minimum absolute atomic E-state index is 0.0275. The molecular weight excluding hydrogens is 457 g/mol. The lowest BCUT2D eigenvalue weighted by Crippen LogP contribution is -2.47. The molecule has 184 valence electrons. The fourth-order valence-corrected chi connectivity index (χ4v) is 4.85. The second-order valence-electron chi connectivity index (χ2n) is 9.16. The van der Waals surface area contributed by atoms with E-state index in [0.717, 1.165) is 31.2 Å². The van der Waals surface area contributed by atoms with Gasteiger partial charge in [-0.05, 0) is 36.6 Å². The van der Waals surface area contributed by atoms with Crippen LogP contribution in [0.15, 0.2) is 78.9 Å². The van der Waals surface area contributed by atoms with Gasteiger partial charge in [-0.25, -0.2) is 9.07 Å². The number of rotatable bonds is 8. The maximum absolute atomic E-state index is 15.1. The number of carbonyl (C=O) groups is 2. The lowest BCUT2D eigenvalue weighted by Gasteiger charge is -2.32. The Morgan fingerprint density at radius 3 is 2.44 bits per heavy atom. The number of nitrogens with one attached hydrogen (secondary N) is 1. The normalized spacial score (nSPS) is 14.6. The van der Waals surface area contributed by atoms with Crippen LogP contribution in [0, 0.1) is 5.82 Å². The van der Waals surface area contributed by atoms with Crippen molar-refractivity contribution in [2.75, 3.05) is 0 Å². The van der Waals surface area contributed by atoms with Gasteiger partial charge in [0.15, 0.2) is 0 Å². The molecule has 0 aliphatic heterocycles. The van der Waals surface area contributed by atoms with Crippen molar-refractivity contribution in [3.8, 4) is 0 Å². The summed E-state index contributed by atoms with van der Waals surface area (Å²) in [5, 5.41) is 11.4. The van der Waals surface area contributed by atoms with Crippen molar-refractivity contribution in [2.24, 2.45) is 0 Å². The molecule has 0 saturated heterocycles. The maximum Gasteiger partial charge on any atom is 0.247 e. The number of nitrogens with zero attached hydrogens (tertiary/aromatic N) is 4. The molecule has 0 radical (unpaired) electrons. The highest BCUT2D eigenvalue weighted by Gasteiger charge is 2.35. The van der Waals surface area contributed by atoms with Crippen LogP contribution in [0.2, 0.25) is 0 Å². The van der Waals surface area contributed by atoms with Crippen LogP contribution < -0.4 is 5.32 Å². The Bertz CT molecular complexity index is 1350. The summed E-state index contributed by atoms with van der Waals surface area (Å²) in [7, 11) is 0. The molecule has 8 heteroatoms. The largest absolute Gasteiger partial charge is 0.351 e. The van der Waals surface area contributed by atoms with Crippen molar-refractivity contribution in [2.45, 2.75) is 50.9 Å². The zero-order chi connectivity index (χ0) is 24.9. The van der Waals surface area contributed by atoms with Crippen LogP contribution in [0.3, 0.4) is 0 Å². The Hall–Kier alpha value is -4.07. The number of carbonyl (C=O) groups excluding carboxylic acids is 2. The Balaban J connectivity index is 1.53. The molecule has 7 nitrogen and oxygen atoms in total. The van der Waals surface area contributed by atoms with E-state index in [4.69, 9.17) is 0 Å². The zero-order valence-electron chi connectivity index (χ0n) is 19.9. The van der Waals surface area contributed by atoms with Crippen LogP contribution >= 0.6 is 0 Å². The number of fused-ring (bicyclic) bond motifs is 1. The molecular formula is C28H28FN5O2. The Morgan fingerprint density at radius 1 is 0.972 bits per heavy atom. The molecule has 1 fully saturated rings. The third-order valence-electron chi connectivity index (χ3n) is 6.68. The Kier molecular flexibility index (Phi) is 7.02. The molecule has 0 unspecified atom stereocenters. The number of para-hydroxylation sites is 1. The van der Waals surface area contributed by atoms with Gasteiger partial charge in [0, 0.05) is 18.2 Å². The molecule has 36 heavy (non-hydrogen) atoms. The van der Waals surface area contributed by atoms with E-state index in [9.17, 15) is 9.59 Å². The number of benzene rings is 3. The zero-order valence-corrected chi connectivity index (χ0v) is 19.9. The van der Waals surface area contributed by atoms with Crippen LogP contribution in [-0.4, -0.2) is 37.7 Å². The van der Waals surface area contributed by atoms with Crippen molar-refractivity contribution in [1.82, 2.24) is 25.2 Å². The van der Waals surface area contributed by atoms with Crippen LogP contribution in [0.5, 0.6) is 0 Å². The molecule has 5 rings (SSSR count). The Labute approximate surface area is 208 Å². The van der Waals surface area contributed by atoms with E-state index in [1.165, 1.54) is 15.6 Å². The fourth-order valence-electron chi connectivity index (χ4n) is 4.85. The number of halogens is 1. The SMILES string of the molecule is O=C(NC1CCCC1)[C@H](c1ccccc1F)N(Cc1ccccc1)C(=O)Cn1nnc2ccccc21. The van der Waals surface area contributed by atoms with Crippen molar-refractivity contribution in [3.63, 3.8) is 0 Å². The molecule has 2 amide bonds. The van der Waals surface area contributed by atoms with E-state index in [2.05, 4.69) is 15.6 Å². The Morgan fingerprint density at radius 2 is 1.67 bits per heavy atom. The maximum atomic E-state index is 15.1. The third-order valence-corrected chi connectivity index (χ3v) is 6.68. The highest BCUT2D eigenvalue weighted by atomic mass is 19.1. The molecule has 1 aliphatic carbocycles. The first-order valence-electron chi connectivity index (χ1n) is 12.3. The predicted molar refractivity (Wildman–Crippen MR) is 134 cm³/mol. The van der Waals surface area contributed by atoms with Crippen molar-refractivity contribution in [3.05, 3.63) is 95.8 Å². The monoisotopic (exact) mass is 485 g/mol. The second-order valence-corrected chi connectivity index (χ2v) is 9.16. The molecule has 0 spiro atoms. The lowest BCUT2D eigenvalue weighted by atomic mass is 10.0. The second kappa shape index (κ2) is 10.7. The first-order valence-corrected chi connectivity index (χ1v) is 12.3. The summed E-state index contributed by atoms with van der Waals surface area (Å²) in [6, 6.07) is 21.8. The molecule has 1 aliphatic rings. The molecule has 1 heterocycles. The van der Waals surface area contributed by atoms with Crippen molar-refractivity contribution >= 4 is 22.8 Å². The molecule has 0 bridgehead atoms. The van der Waals surface area contributed by atoms with Crippen LogP contribution in [0.25, 0.3) is 11.0 Å². The van der Waals surface area contributed by atoms with Gasteiger partial charge in [0.05, 0.1) is 5.52 Å². The minimum atomic E-state index is -1.13. The third kappa shape index (κ3) is 5.12. The van der Waals surface area contributed by atoms with Gasteiger partial charge in [0.1, 0.15) is 23.9 Å². The summed E-state index contributed by atoms with van der Waals surface area (Å²) in [5.74, 6) is -1.26. The fraction of sp³-hybridized carbons (Fsp3) is 0.286. The van der Waals surface area contributed by atoms with Crippen molar-refractivity contribution in [1.29, 1.82) is 0 Å². The predicted octanol–water partition coefficient (Wildman–Crippen LogP) is 4.40. The molecule has 4 aromatic rings. The van der Waals surface area contributed by atoms with Crippen molar-refractivity contribution < 1.29 is 14.0 Å². The lowest BCUT2D eigenvalue weighted by molar-refractivity contribution is -0.142. The molecule has 1 aromatic heterocycles. The summed E-state index contributed by atoms with van der Waals surface area (Å²) in [6.45, 7) is 0.0123. The molecule has 3 aromatic carbocycles. The number of hydrogen-bond acceptors (Lipinski definition) is 4. The summed E-state index contributed by atoms with van der Waals surface area (Å²) in [4.78, 5) is 29.0. The summed E-state index contributed by atoms with van der Waals surface area (Å²) in [5.41, 5.74) is 2.39. The number of hydrogen-bond donors (Lipinski definition) is 1. The van der Waals surface area contributed by atoms with E-state index in [-0.39, 0.29) is 36.5 Å². The minimum Gasteiger partial charge on any atom is -0.351 e. The van der Waals surface area contributed by atoms with Gasteiger partial charge in [-0.15, -0.1) is 5.10 Å².